The molecular weight excluding hydrogens is 1070 g/mol. The zero-order chi connectivity index (χ0) is 58.5. The summed E-state index contributed by atoms with van der Waals surface area (Å²) < 4.78 is 79.4. The number of nitrogens with zero attached hydrogens (tertiary/aromatic N) is 7. The van der Waals surface area contributed by atoms with Crippen LogP contribution in [0.3, 0.4) is 0 Å². The Morgan fingerprint density at radius 1 is 0.840 bits per heavy atom. The number of hydrogen-bond donors (Lipinski definition) is 7. The zero-order valence-electron chi connectivity index (χ0n) is 50.0. The SMILES string of the molecule is [2H]CC1OC(n2cnc3c(=O)[nH]c(NC(=O)C(C)C)nc32)C(O)C1O[Si](C)(C)C(C)(C)C.[2H]CC1OC(n2cnc3c(=O)[nH]c(NC(=O)C(C)C)nc32)C(O[P+](=O)OCCC#N)C1O[Si](C)(C)C(C)(C)C.[3H]OC.[3H]OC.[CH3-].[V]. The number of fused-ring (bicyclic) bond motifs is 2. The molecule has 4 aromatic heterocycles. The second kappa shape index (κ2) is 28.5. The summed E-state index contributed by atoms with van der Waals surface area (Å²) in [4.78, 5) is 71.5. The Balaban J connectivity index is 0.000000711. The van der Waals surface area contributed by atoms with Gasteiger partial charge in [0.1, 0.15) is 24.9 Å². The summed E-state index contributed by atoms with van der Waals surface area (Å²) in [5.41, 5.74) is -0.802. The van der Waals surface area contributed by atoms with Crippen LogP contribution in [0.2, 0.25) is 36.3 Å². The number of imidazole rings is 2. The predicted molar refractivity (Wildman–Crippen MR) is 284 cm³/mol. The number of rotatable bonds is 15. The summed E-state index contributed by atoms with van der Waals surface area (Å²) in [6.45, 7) is 27.2. The van der Waals surface area contributed by atoms with Crippen molar-refractivity contribution in [3.8, 4) is 6.07 Å². The van der Waals surface area contributed by atoms with Crippen LogP contribution < -0.4 is 21.8 Å². The summed E-state index contributed by atoms with van der Waals surface area (Å²) in [6, 6.07) is 1.91. The molecule has 29 heteroatoms. The average Bonchev–Trinajstić information content (AvgIpc) is 4.10. The third kappa shape index (κ3) is 16.7. The van der Waals surface area contributed by atoms with Crippen molar-refractivity contribution in [2.75, 3.05) is 31.5 Å². The fraction of sp³-hybridized carbons (Fsp3) is 0.696. The molecule has 421 valence electrons. The molecule has 9 unspecified atom stereocenters. The number of H-pyrrole nitrogens is 2. The average molecular weight is 1160 g/mol. The van der Waals surface area contributed by atoms with Crippen LogP contribution in [0.15, 0.2) is 22.2 Å². The van der Waals surface area contributed by atoms with E-state index in [0.29, 0.717) is 0 Å². The van der Waals surface area contributed by atoms with E-state index < -0.39 is 85.1 Å². The van der Waals surface area contributed by atoms with Crippen LogP contribution in [-0.4, -0.2) is 143 Å². The van der Waals surface area contributed by atoms with E-state index in [1.807, 2.05) is 19.2 Å². The van der Waals surface area contributed by atoms with Crippen molar-refractivity contribution in [1.82, 2.24) is 39.0 Å². The van der Waals surface area contributed by atoms with E-state index >= 15 is 0 Å². The standard InChI is InChI=1S/C23H35N6O7PSi.C20H33N5O5Si.2CH4O.CH3.V/c1-13(2)19(30)27-22-26-18-15(20(31)28-22)25-12-29(18)21-17(35-37(32)33-11-9-10-24)16(14(3)34-21)36-38(7,8)23(4,5)6;1-10(2)16(27)23-19-22-15-12(17(28)24-19)21-9-25(15)18-13(26)14(11(3)29-18)30-31(7,8)20(4,5)6;2*1-2;;/h12-14,16-17,21H,9,11H2,1-8H3,(H-,26,27,28,30,31);9-11,13-14,18,26H,1-8H3,(H2,22,23,24,27,28);2*2H,1H3;1H3;/q;;;;-1;/p+1/i2*3D;2*2T;;. The molecule has 7 N–H and O–H groups in total. The normalized spacial score (nSPS) is 22.6. The Morgan fingerprint density at radius 3 is 1.64 bits per heavy atom. The van der Waals surface area contributed by atoms with Gasteiger partial charge >= 0.3 is 8.25 Å². The number of amides is 2. The van der Waals surface area contributed by atoms with E-state index in [1.165, 1.54) is 36.0 Å². The minimum atomic E-state index is -2.69. The number of aromatic nitrogens is 8. The first kappa shape index (κ1) is 61.7. The third-order valence-electron chi connectivity index (χ3n) is 12.6. The molecular formula is C46H80N11O14PSi2V. The molecule has 75 heavy (non-hydrogen) atoms. The topological polar surface area (TPSA) is 342 Å². The minimum Gasteiger partial charge on any atom is -0.408 e. The number of hydrogen-bond acceptors (Lipinski definition) is 19. The summed E-state index contributed by atoms with van der Waals surface area (Å²) in [6.07, 6.45) is -4.29. The Kier molecular flexibility index (Phi) is 23.5. The number of anilines is 2. The molecule has 0 spiro atoms. The fourth-order valence-electron chi connectivity index (χ4n) is 6.48. The number of ether oxygens (including phenoxy) is 2. The second-order valence-electron chi connectivity index (χ2n) is 20.6. The molecule has 2 aliphatic heterocycles. The van der Waals surface area contributed by atoms with E-state index in [9.17, 15) is 28.8 Å². The first-order valence-electron chi connectivity index (χ1n) is 25.6. The molecule has 2 fully saturated rings. The number of aromatic amines is 2. The number of nitriles is 1. The molecule has 0 bridgehead atoms. The van der Waals surface area contributed by atoms with Crippen molar-refractivity contribution in [3.63, 3.8) is 0 Å². The van der Waals surface area contributed by atoms with E-state index in [2.05, 4.69) is 105 Å². The molecule has 6 heterocycles. The molecule has 0 aliphatic carbocycles. The summed E-state index contributed by atoms with van der Waals surface area (Å²) in [5, 5.41) is 31.8. The molecule has 9 atom stereocenters. The fourth-order valence-corrected chi connectivity index (χ4v) is 9.85. The van der Waals surface area contributed by atoms with Crippen molar-refractivity contribution in [3.05, 3.63) is 40.8 Å². The first-order valence-corrected chi connectivity index (χ1v) is 30.3. The van der Waals surface area contributed by atoms with E-state index in [-0.39, 0.29) is 121 Å². The number of carbonyl (C=O) groups is 2. The second-order valence-corrected chi connectivity index (χ2v) is 31.0. The molecule has 6 rings (SSSR count). The Morgan fingerprint density at radius 2 is 1.24 bits per heavy atom. The number of nitrogens with one attached hydrogen (secondary N) is 4. The van der Waals surface area contributed by atoms with Gasteiger partial charge in [0.15, 0.2) is 57.5 Å². The van der Waals surface area contributed by atoms with Crippen molar-refractivity contribution in [1.29, 1.82) is 8.12 Å². The van der Waals surface area contributed by atoms with Gasteiger partial charge in [-0.05, 0) is 50.1 Å². The van der Waals surface area contributed by atoms with Crippen molar-refractivity contribution in [2.24, 2.45) is 11.8 Å². The van der Waals surface area contributed by atoms with Crippen LogP contribution in [-0.2, 0) is 60.1 Å². The largest absolute Gasteiger partial charge is 0.697 e. The molecule has 1 radical (unpaired) electrons. The van der Waals surface area contributed by atoms with E-state index in [4.69, 9.17) is 38.2 Å². The Bertz CT molecular complexity index is 2770. The van der Waals surface area contributed by atoms with E-state index in [1.54, 1.807) is 27.7 Å². The maximum Gasteiger partial charge on any atom is 0.697 e. The van der Waals surface area contributed by atoms with Crippen molar-refractivity contribution >= 4 is 70.9 Å². The van der Waals surface area contributed by atoms with Crippen LogP contribution in [0.5, 0.6) is 0 Å². The van der Waals surface area contributed by atoms with Crippen LogP contribution in [0.1, 0.15) is 105 Å². The van der Waals surface area contributed by atoms with E-state index in [0.717, 1.165) is 0 Å². The zero-order valence-corrected chi connectivity index (χ0v) is 50.3. The molecule has 2 amide bonds. The van der Waals surface area contributed by atoms with Crippen LogP contribution in [0, 0.1) is 30.6 Å². The summed E-state index contributed by atoms with van der Waals surface area (Å²) in [5.74, 6) is -1.37. The summed E-state index contributed by atoms with van der Waals surface area (Å²) in [7, 11) is -4.79. The van der Waals surface area contributed by atoms with Gasteiger partial charge in [-0.3, -0.25) is 48.9 Å². The maximum atomic E-state index is 12.8. The molecule has 0 saturated carbocycles. The minimum absolute atomic E-state index is 0. The monoisotopic (exact) mass is 1150 g/mol. The van der Waals surface area contributed by atoms with Crippen LogP contribution >= 0.6 is 8.25 Å². The molecule has 25 nitrogen and oxygen atoms in total. The predicted octanol–water partition coefficient (Wildman–Crippen LogP) is 6.04. The van der Waals surface area contributed by atoms with Gasteiger partial charge in [-0.25, -0.2) is 9.97 Å². The van der Waals surface area contributed by atoms with Gasteiger partial charge in [0.2, 0.25) is 26.6 Å². The van der Waals surface area contributed by atoms with Gasteiger partial charge in [-0.1, -0.05) is 69.2 Å². The molecule has 2 saturated heterocycles. The Labute approximate surface area is 459 Å². The molecule has 4 aromatic rings. The van der Waals surface area contributed by atoms with Crippen LogP contribution in [0.4, 0.5) is 11.9 Å². The van der Waals surface area contributed by atoms with Gasteiger partial charge in [0.05, 0.1) is 37.4 Å². The smallest absolute Gasteiger partial charge is 0.408 e. The van der Waals surface area contributed by atoms with Gasteiger partial charge in [-0.2, -0.15) is 15.2 Å². The van der Waals surface area contributed by atoms with Crippen molar-refractivity contribution in [2.45, 2.75) is 175 Å². The third-order valence-corrected chi connectivity index (χ3v) is 22.4. The Hall–Kier alpha value is -4.11. The number of aliphatic hydroxyl groups excluding tert-OH is 3. The quantitative estimate of drug-likeness (QED) is 0.0308. The van der Waals surface area contributed by atoms with Gasteiger partial charge in [0.25, 0.3) is 11.1 Å². The molecule has 2 aliphatic rings. The number of carbonyl (C=O) groups excluding carboxylic acids is 2. The first-order chi connectivity index (χ1) is 35.8. The van der Waals surface area contributed by atoms with Crippen molar-refractivity contribution < 1.29 is 78.1 Å². The maximum absolute atomic E-state index is 12.8. The van der Waals surface area contributed by atoms with Crippen LogP contribution in [0.25, 0.3) is 22.3 Å². The number of aliphatic hydroxyl groups is 3. The molecule has 0 aromatic carbocycles. The van der Waals surface area contributed by atoms with Gasteiger partial charge in [-0.15, -0.1) is 9.05 Å². The van der Waals surface area contributed by atoms with Gasteiger partial charge in [0, 0.05) is 51.9 Å². The summed E-state index contributed by atoms with van der Waals surface area (Å²) >= 11 is 0. The van der Waals surface area contributed by atoms with Gasteiger partial charge < -0.3 is 41.1 Å².